The number of unbranched alkanes of at least 4 members (excludes halogenated alkanes) is 22. The highest BCUT2D eigenvalue weighted by atomic mass is 16.6. The van der Waals surface area contributed by atoms with E-state index in [9.17, 15) is 9.59 Å². The number of nitrogens with zero attached hydrogens (tertiary/aromatic N) is 1. The van der Waals surface area contributed by atoms with Crippen molar-refractivity contribution in [2.24, 2.45) is 16.5 Å². The van der Waals surface area contributed by atoms with E-state index in [0.717, 1.165) is 51.4 Å². The van der Waals surface area contributed by atoms with Crippen molar-refractivity contribution in [3.63, 3.8) is 0 Å². The molecule has 0 aromatic rings. The van der Waals surface area contributed by atoms with Gasteiger partial charge < -0.3 is 20.9 Å². The maximum absolute atomic E-state index is 12.6. The molecule has 0 aromatic carbocycles. The molecule has 0 aliphatic heterocycles. The molecule has 0 rings (SSSR count). The number of guanidine groups is 1. The van der Waals surface area contributed by atoms with Gasteiger partial charge in [0.25, 0.3) is 0 Å². The van der Waals surface area contributed by atoms with Crippen LogP contribution in [0.25, 0.3) is 0 Å². The number of rotatable bonds is 37. The average Bonchev–Trinajstić information content (AvgIpc) is 3.08. The lowest BCUT2D eigenvalue weighted by Crippen LogP contribution is -2.26. The number of aliphatic imine (C=N–C) groups is 1. The summed E-state index contributed by atoms with van der Waals surface area (Å²) in [5.41, 5.74) is 10.9. The molecule has 0 saturated carbocycles. The van der Waals surface area contributed by atoms with Gasteiger partial charge >= 0.3 is 11.9 Å². The lowest BCUT2D eigenvalue weighted by atomic mass is 10.1. The second-order valence-corrected chi connectivity index (χ2v) is 13.9. The Morgan fingerprint density at radius 1 is 0.531 bits per heavy atom. The molecule has 1 atom stereocenters. The molecule has 0 saturated heterocycles. The number of esters is 2. The highest BCUT2D eigenvalue weighted by molar-refractivity contribution is 5.75. The lowest BCUT2D eigenvalue weighted by Gasteiger charge is -2.18. The Morgan fingerprint density at radius 2 is 0.918 bits per heavy atom. The van der Waals surface area contributed by atoms with Gasteiger partial charge in [-0.25, -0.2) is 0 Å². The molecule has 0 fully saturated rings. The van der Waals surface area contributed by atoms with Crippen LogP contribution in [-0.2, 0) is 19.1 Å². The Kier molecular flexibility index (Phi) is 36.7. The molecule has 7 heteroatoms. The molecular formula is C42H79N3O4. The van der Waals surface area contributed by atoms with E-state index >= 15 is 0 Å². The Morgan fingerprint density at radius 3 is 1.35 bits per heavy atom. The number of allylic oxidation sites excluding steroid dienone is 4. The van der Waals surface area contributed by atoms with Crippen molar-refractivity contribution in [2.75, 3.05) is 13.2 Å². The fourth-order valence-corrected chi connectivity index (χ4v) is 5.89. The predicted octanol–water partition coefficient (Wildman–Crippen LogP) is 11.6. The molecule has 0 aliphatic carbocycles. The van der Waals surface area contributed by atoms with Crippen LogP contribution >= 0.6 is 0 Å². The normalized spacial score (nSPS) is 12.1. The van der Waals surface area contributed by atoms with Gasteiger partial charge in [0.1, 0.15) is 12.7 Å². The monoisotopic (exact) mass is 690 g/mol. The molecule has 49 heavy (non-hydrogen) atoms. The number of ether oxygens (including phenoxy) is 2. The first-order valence-corrected chi connectivity index (χ1v) is 20.7. The third kappa shape index (κ3) is 38.3. The zero-order valence-electron chi connectivity index (χ0n) is 32.2. The first kappa shape index (κ1) is 46.7. The summed E-state index contributed by atoms with van der Waals surface area (Å²) in [6.07, 6.45) is 42.6. The molecule has 0 aromatic heterocycles. The zero-order valence-corrected chi connectivity index (χ0v) is 32.2. The van der Waals surface area contributed by atoms with Crippen LogP contribution in [0.15, 0.2) is 29.3 Å². The molecule has 7 nitrogen and oxygen atoms in total. The van der Waals surface area contributed by atoms with E-state index in [1.807, 2.05) is 0 Å². The number of hydrogen-bond acceptors (Lipinski definition) is 5. The predicted molar refractivity (Wildman–Crippen MR) is 210 cm³/mol. The molecular weight excluding hydrogens is 610 g/mol. The van der Waals surface area contributed by atoms with Crippen molar-refractivity contribution in [3.05, 3.63) is 24.3 Å². The van der Waals surface area contributed by atoms with Crippen LogP contribution in [-0.4, -0.2) is 37.2 Å². The largest absolute Gasteiger partial charge is 0.462 e. The highest BCUT2D eigenvalue weighted by Crippen LogP contribution is 2.14. The van der Waals surface area contributed by atoms with E-state index in [0.29, 0.717) is 32.2 Å². The van der Waals surface area contributed by atoms with Crippen LogP contribution in [0.1, 0.15) is 206 Å². The number of carbonyl (C=O) groups excluding carboxylic acids is 2. The summed E-state index contributed by atoms with van der Waals surface area (Å²) < 4.78 is 11.2. The molecule has 286 valence electrons. The van der Waals surface area contributed by atoms with E-state index in [-0.39, 0.29) is 24.5 Å². The smallest absolute Gasteiger partial charge is 0.306 e. The number of nitrogens with two attached hydrogens (primary N) is 2. The van der Waals surface area contributed by atoms with Gasteiger partial charge in [0.15, 0.2) is 5.96 Å². The third-order valence-electron chi connectivity index (χ3n) is 8.99. The molecule has 0 bridgehead atoms. The van der Waals surface area contributed by atoms with Crippen molar-refractivity contribution in [1.29, 1.82) is 0 Å². The summed E-state index contributed by atoms with van der Waals surface area (Å²) in [6, 6.07) is 0. The summed E-state index contributed by atoms with van der Waals surface area (Å²) >= 11 is 0. The van der Waals surface area contributed by atoms with E-state index in [1.54, 1.807) is 0 Å². The van der Waals surface area contributed by atoms with E-state index in [4.69, 9.17) is 20.9 Å². The average molecular weight is 690 g/mol. The van der Waals surface area contributed by atoms with Crippen LogP contribution in [0.2, 0.25) is 0 Å². The fourth-order valence-electron chi connectivity index (χ4n) is 5.89. The molecule has 0 spiro atoms. The topological polar surface area (TPSA) is 117 Å². The summed E-state index contributed by atoms with van der Waals surface area (Å²) in [5, 5.41) is 0. The molecule has 4 N–H and O–H groups in total. The van der Waals surface area contributed by atoms with Crippen molar-refractivity contribution in [3.8, 4) is 0 Å². The van der Waals surface area contributed by atoms with Crippen molar-refractivity contribution < 1.29 is 19.1 Å². The van der Waals surface area contributed by atoms with Gasteiger partial charge in [0, 0.05) is 19.4 Å². The van der Waals surface area contributed by atoms with Gasteiger partial charge in [-0.3, -0.25) is 14.6 Å². The molecule has 0 radical (unpaired) electrons. The zero-order chi connectivity index (χ0) is 35.9. The van der Waals surface area contributed by atoms with Gasteiger partial charge in [0.2, 0.25) is 0 Å². The van der Waals surface area contributed by atoms with Crippen LogP contribution < -0.4 is 11.5 Å². The van der Waals surface area contributed by atoms with E-state index in [2.05, 4.69) is 43.1 Å². The second kappa shape index (κ2) is 38.5. The SMILES string of the molecule is CCCCCCCC/C=C\CCCCCCCC(=O)OC[C@@H](CCCN=C(N)N)OC(=O)CCCCCCC/C=C\CCCCCCCC. The van der Waals surface area contributed by atoms with Crippen molar-refractivity contribution >= 4 is 17.9 Å². The van der Waals surface area contributed by atoms with E-state index < -0.39 is 6.10 Å². The standard InChI is InChI=1S/C42H79N3O4/c1-3-5-7-9-11-13-15-17-19-21-23-25-27-29-31-35-40(46)48-38-39(34-33-37-45-42(43)44)49-41(47)36-32-30-28-26-24-22-20-18-16-14-12-10-8-6-4-2/h17-20,39H,3-16,21-38H2,1-2H3,(H4,43,44,45)/b19-17-,20-18-/t39-/m1/s1. The van der Waals surface area contributed by atoms with Gasteiger partial charge in [-0.1, -0.05) is 141 Å². The van der Waals surface area contributed by atoms with Crippen LogP contribution in [0.3, 0.4) is 0 Å². The second-order valence-electron chi connectivity index (χ2n) is 13.9. The lowest BCUT2D eigenvalue weighted by molar-refractivity contribution is -0.159. The Hall–Kier alpha value is -2.31. The van der Waals surface area contributed by atoms with Crippen LogP contribution in [0, 0.1) is 0 Å². The van der Waals surface area contributed by atoms with Crippen molar-refractivity contribution in [1.82, 2.24) is 0 Å². The van der Waals surface area contributed by atoms with Gasteiger partial charge in [-0.15, -0.1) is 0 Å². The molecule has 0 unspecified atom stereocenters. The summed E-state index contributed by atoms with van der Waals surface area (Å²) in [7, 11) is 0. The Balaban J connectivity index is 4.01. The minimum atomic E-state index is -0.470. The molecule has 0 amide bonds. The van der Waals surface area contributed by atoms with Gasteiger partial charge in [-0.2, -0.15) is 0 Å². The molecule has 0 aliphatic rings. The maximum Gasteiger partial charge on any atom is 0.306 e. The van der Waals surface area contributed by atoms with Crippen molar-refractivity contribution in [2.45, 2.75) is 213 Å². The summed E-state index contributed by atoms with van der Waals surface area (Å²) in [5.74, 6) is -0.401. The number of hydrogen-bond donors (Lipinski definition) is 2. The van der Waals surface area contributed by atoms with Crippen LogP contribution in [0.4, 0.5) is 0 Å². The minimum absolute atomic E-state index is 0.0455. The Bertz CT molecular complexity index is 823. The first-order chi connectivity index (χ1) is 24.0. The summed E-state index contributed by atoms with van der Waals surface area (Å²) in [4.78, 5) is 29.0. The van der Waals surface area contributed by atoms with Crippen LogP contribution in [0.5, 0.6) is 0 Å². The fraction of sp³-hybridized carbons (Fsp3) is 0.833. The highest BCUT2D eigenvalue weighted by Gasteiger charge is 2.17. The maximum atomic E-state index is 12.6. The van der Waals surface area contributed by atoms with Gasteiger partial charge in [-0.05, 0) is 77.0 Å². The third-order valence-corrected chi connectivity index (χ3v) is 8.99. The minimum Gasteiger partial charge on any atom is -0.462 e. The number of carbonyl (C=O) groups is 2. The quantitative estimate of drug-likeness (QED) is 0.0220. The summed E-state index contributed by atoms with van der Waals surface area (Å²) in [6.45, 7) is 5.06. The van der Waals surface area contributed by atoms with Gasteiger partial charge in [0.05, 0.1) is 0 Å². The molecule has 0 heterocycles. The van der Waals surface area contributed by atoms with E-state index in [1.165, 1.54) is 116 Å². The Labute approximate surface area is 302 Å². The first-order valence-electron chi connectivity index (χ1n) is 20.7.